The van der Waals surface area contributed by atoms with Gasteiger partial charge >= 0.3 is 6.18 Å². The Morgan fingerprint density at radius 3 is 2.34 bits per heavy atom. The number of amides is 1. The molecular weight excluding hydrogens is 527 g/mol. The van der Waals surface area contributed by atoms with Gasteiger partial charge in [-0.05, 0) is 105 Å². The van der Waals surface area contributed by atoms with E-state index in [1.54, 1.807) is 4.90 Å². The van der Waals surface area contributed by atoms with Crippen molar-refractivity contribution in [1.82, 2.24) is 15.1 Å². The normalized spacial score (nSPS) is 20.3. The molecule has 0 aromatic heterocycles. The van der Waals surface area contributed by atoms with Gasteiger partial charge in [0.1, 0.15) is 5.75 Å². The second-order valence-corrected chi connectivity index (χ2v) is 11.8. The Labute approximate surface area is 243 Å². The smallest absolute Gasteiger partial charge is 0.416 e. The van der Waals surface area contributed by atoms with Crippen LogP contribution in [-0.4, -0.2) is 67.6 Å². The molecule has 1 aliphatic carbocycles. The van der Waals surface area contributed by atoms with Crippen LogP contribution in [-0.2, 0) is 12.6 Å². The minimum absolute atomic E-state index is 0.212. The van der Waals surface area contributed by atoms with Gasteiger partial charge < -0.3 is 15.0 Å². The number of piperazine rings is 1. The van der Waals surface area contributed by atoms with Crippen molar-refractivity contribution in [2.45, 2.75) is 77.9 Å². The Kier molecular flexibility index (Phi) is 11.1. The fourth-order valence-electron chi connectivity index (χ4n) is 6.03. The molecule has 1 saturated carbocycles. The van der Waals surface area contributed by atoms with Crippen molar-refractivity contribution in [2.75, 3.05) is 45.9 Å². The molecule has 5 nitrogen and oxygen atoms in total. The molecule has 0 radical (unpaired) electrons. The molecule has 41 heavy (non-hydrogen) atoms. The standard InChI is InChI=1S/C33H46F3N3O2/c1-24-8-4-5-9-30(24)37-17-6-7-23-41-31-15-12-27(25(2)26(31)3)16-18-38-19-21-39(22-20-38)32(40)28-10-13-29(14-11-28)33(34,35)36/h10-15,24,30,37H,4-9,16-23H2,1-3H3. The molecule has 0 spiro atoms. The van der Waals surface area contributed by atoms with E-state index in [1.807, 2.05) is 0 Å². The topological polar surface area (TPSA) is 44.8 Å². The van der Waals surface area contributed by atoms with Crippen molar-refractivity contribution in [3.05, 3.63) is 64.2 Å². The minimum atomic E-state index is -4.40. The van der Waals surface area contributed by atoms with Gasteiger partial charge in [-0.3, -0.25) is 9.69 Å². The zero-order valence-corrected chi connectivity index (χ0v) is 24.9. The number of unbranched alkanes of at least 4 members (excludes halogenated alkanes) is 1. The molecular formula is C33H46F3N3O2. The molecule has 2 fully saturated rings. The van der Waals surface area contributed by atoms with Crippen LogP contribution >= 0.6 is 0 Å². The third-order valence-electron chi connectivity index (χ3n) is 9.01. The van der Waals surface area contributed by atoms with Crippen LogP contribution in [0.25, 0.3) is 0 Å². The molecule has 226 valence electrons. The number of nitrogens with zero attached hydrogens (tertiary/aromatic N) is 2. The SMILES string of the molecule is Cc1c(CCN2CCN(C(=O)c3ccc(C(F)(F)F)cc3)CC2)ccc(OCCCCNC2CCCCC2C)c1C. The predicted octanol–water partition coefficient (Wildman–Crippen LogP) is 6.65. The first-order chi connectivity index (χ1) is 19.6. The summed E-state index contributed by atoms with van der Waals surface area (Å²) in [5.41, 5.74) is 3.33. The van der Waals surface area contributed by atoms with Crippen molar-refractivity contribution in [1.29, 1.82) is 0 Å². The highest BCUT2D eigenvalue weighted by atomic mass is 19.4. The van der Waals surface area contributed by atoms with E-state index < -0.39 is 11.7 Å². The molecule has 1 aliphatic heterocycles. The van der Waals surface area contributed by atoms with Gasteiger partial charge in [-0.2, -0.15) is 13.2 Å². The molecule has 1 amide bonds. The zero-order chi connectivity index (χ0) is 29.4. The van der Waals surface area contributed by atoms with Gasteiger partial charge in [0.15, 0.2) is 0 Å². The highest BCUT2D eigenvalue weighted by molar-refractivity contribution is 5.94. The average Bonchev–Trinajstić information content (AvgIpc) is 2.97. The number of alkyl halides is 3. The lowest BCUT2D eigenvalue weighted by Crippen LogP contribution is -2.49. The van der Waals surface area contributed by atoms with Gasteiger partial charge in [-0.1, -0.05) is 25.8 Å². The lowest BCUT2D eigenvalue weighted by atomic mass is 9.86. The Balaban J connectivity index is 1.16. The average molecular weight is 574 g/mol. The lowest BCUT2D eigenvalue weighted by molar-refractivity contribution is -0.137. The molecule has 1 N–H and O–H groups in total. The number of hydrogen-bond acceptors (Lipinski definition) is 4. The summed E-state index contributed by atoms with van der Waals surface area (Å²) in [4.78, 5) is 16.9. The van der Waals surface area contributed by atoms with Gasteiger partial charge in [0, 0.05) is 44.3 Å². The van der Waals surface area contributed by atoms with Crippen LogP contribution in [0.1, 0.15) is 78.1 Å². The fraction of sp³-hybridized carbons (Fsp3) is 0.606. The second kappa shape index (κ2) is 14.5. The first-order valence-electron chi connectivity index (χ1n) is 15.3. The van der Waals surface area contributed by atoms with Crippen LogP contribution in [0.3, 0.4) is 0 Å². The number of carbonyl (C=O) groups is 1. The molecule has 2 aromatic rings. The maximum absolute atomic E-state index is 12.8. The molecule has 1 saturated heterocycles. The number of hydrogen-bond donors (Lipinski definition) is 1. The monoisotopic (exact) mass is 573 g/mol. The van der Waals surface area contributed by atoms with E-state index in [4.69, 9.17) is 4.74 Å². The van der Waals surface area contributed by atoms with E-state index in [-0.39, 0.29) is 5.91 Å². The van der Waals surface area contributed by atoms with E-state index in [0.29, 0.717) is 24.7 Å². The summed E-state index contributed by atoms with van der Waals surface area (Å²) < 4.78 is 44.6. The lowest BCUT2D eigenvalue weighted by Gasteiger charge is -2.35. The number of carbonyl (C=O) groups excluding carboxylic acids is 1. The summed E-state index contributed by atoms with van der Waals surface area (Å²) in [5.74, 6) is 1.55. The number of halogens is 3. The highest BCUT2D eigenvalue weighted by Gasteiger charge is 2.31. The Morgan fingerprint density at radius 1 is 0.951 bits per heavy atom. The molecule has 2 aromatic carbocycles. The summed E-state index contributed by atoms with van der Waals surface area (Å²) in [7, 11) is 0. The van der Waals surface area contributed by atoms with Gasteiger partial charge in [-0.15, -0.1) is 0 Å². The molecule has 4 rings (SSSR count). The van der Waals surface area contributed by atoms with Gasteiger partial charge in [0.25, 0.3) is 5.91 Å². The number of ether oxygens (including phenoxy) is 1. The summed E-state index contributed by atoms with van der Waals surface area (Å²) in [5, 5.41) is 3.75. The fourth-order valence-corrected chi connectivity index (χ4v) is 6.03. The highest BCUT2D eigenvalue weighted by Crippen LogP contribution is 2.29. The van der Waals surface area contributed by atoms with E-state index in [0.717, 1.165) is 75.8 Å². The molecule has 2 aliphatic rings. The molecule has 1 heterocycles. The van der Waals surface area contributed by atoms with E-state index >= 15 is 0 Å². The van der Waals surface area contributed by atoms with E-state index in [1.165, 1.54) is 54.5 Å². The summed E-state index contributed by atoms with van der Waals surface area (Å²) in [6.45, 7) is 12.0. The van der Waals surface area contributed by atoms with Crippen LogP contribution in [0.2, 0.25) is 0 Å². The molecule has 2 atom stereocenters. The first kappa shape index (κ1) is 31.4. The van der Waals surface area contributed by atoms with Crippen LogP contribution in [0, 0.1) is 19.8 Å². The van der Waals surface area contributed by atoms with E-state index in [2.05, 4.69) is 43.1 Å². The largest absolute Gasteiger partial charge is 0.493 e. The van der Waals surface area contributed by atoms with E-state index in [9.17, 15) is 18.0 Å². The third-order valence-corrected chi connectivity index (χ3v) is 9.01. The predicted molar refractivity (Wildman–Crippen MR) is 158 cm³/mol. The Hall–Kier alpha value is -2.58. The minimum Gasteiger partial charge on any atom is -0.493 e. The number of nitrogens with one attached hydrogen (secondary N) is 1. The third kappa shape index (κ3) is 8.71. The first-order valence-corrected chi connectivity index (χ1v) is 15.3. The van der Waals surface area contributed by atoms with Crippen molar-refractivity contribution in [3.8, 4) is 5.75 Å². The molecule has 2 unspecified atom stereocenters. The van der Waals surface area contributed by atoms with Crippen LogP contribution < -0.4 is 10.1 Å². The van der Waals surface area contributed by atoms with Crippen molar-refractivity contribution < 1.29 is 22.7 Å². The van der Waals surface area contributed by atoms with Crippen LogP contribution in [0.5, 0.6) is 5.75 Å². The van der Waals surface area contributed by atoms with Gasteiger partial charge in [0.05, 0.1) is 12.2 Å². The van der Waals surface area contributed by atoms with Crippen molar-refractivity contribution >= 4 is 5.91 Å². The van der Waals surface area contributed by atoms with Crippen LogP contribution in [0.15, 0.2) is 36.4 Å². The summed E-state index contributed by atoms with van der Waals surface area (Å²) in [6.07, 6.45) is 4.08. The maximum Gasteiger partial charge on any atom is 0.416 e. The number of rotatable bonds is 11. The van der Waals surface area contributed by atoms with Crippen LogP contribution in [0.4, 0.5) is 13.2 Å². The maximum atomic E-state index is 12.8. The Morgan fingerprint density at radius 2 is 1.66 bits per heavy atom. The second-order valence-electron chi connectivity index (χ2n) is 11.8. The summed E-state index contributed by atoms with van der Waals surface area (Å²) in [6, 6.07) is 9.44. The zero-order valence-electron chi connectivity index (χ0n) is 24.9. The van der Waals surface area contributed by atoms with Gasteiger partial charge in [-0.25, -0.2) is 0 Å². The quantitative estimate of drug-likeness (QED) is 0.306. The van der Waals surface area contributed by atoms with Gasteiger partial charge in [0.2, 0.25) is 0 Å². The number of benzene rings is 2. The Bertz CT molecular complexity index is 1130. The molecule has 8 heteroatoms. The van der Waals surface area contributed by atoms with Crippen molar-refractivity contribution in [3.63, 3.8) is 0 Å². The van der Waals surface area contributed by atoms with Crippen molar-refractivity contribution in [2.24, 2.45) is 5.92 Å². The summed E-state index contributed by atoms with van der Waals surface area (Å²) >= 11 is 0. The molecule has 0 bridgehead atoms.